The maximum atomic E-state index is 10.3. The van der Waals surface area contributed by atoms with E-state index in [4.69, 9.17) is 0 Å². The van der Waals surface area contributed by atoms with E-state index in [0.717, 1.165) is 25.4 Å². The molecule has 1 N–H and O–H groups in total. The van der Waals surface area contributed by atoms with Gasteiger partial charge in [0.1, 0.15) is 0 Å². The Bertz CT molecular complexity index is 470. The first-order chi connectivity index (χ1) is 9.63. The van der Waals surface area contributed by atoms with Crippen molar-refractivity contribution in [3.8, 4) is 0 Å². The van der Waals surface area contributed by atoms with Crippen molar-refractivity contribution >= 4 is 5.69 Å². The fraction of sp³-hybridized carbons (Fsp3) is 0.667. The van der Waals surface area contributed by atoms with Crippen LogP contribution in [0.4, 0.5) is 5.69 Å². The Hall–Kier alpha value is -1.02. The number of fused-ring (bicyclic) bond motifs is 1. The molecule has 0 spiro atoms. The minimum Gasteiger partial charge on any atom is -0.393 e. The number of hydrogen-bond acceptors (Lipinski definition) is 2. The van der Waals surface area contributed by atoms with Gasteiger partial charge in [0.15, 0.2) is 0 Å². The molecule has 2 nitrogen and oxygen atoms in total. The molecule has 0 saturated heterocycles. The van der Waals surface area contributed by atoms with Crippen LogP contribution in [0.1, 0.15) is 43.7 Å². The summed E-state index contributed by atoms with van der Waals surface area (Å²) < 4.78 is 0. The highest BCUT2D eigenvalue weighted by molar-refractivity contribution is 5.56. The van der Waals surface area contributed by atoms with Crippen LogP contribution < -0.4 is 4.90 Å². The zero-order valence-electron chi connectivity index (χ0n) is 12.8. The van der Waals surface area contributed by atoms with Crippen LogP contribution in [0.15, 0.2) is 18.2 Å². The molecule has 3 rings (SSSR count). The molecule has 1 saturated carbocycles. The van der Waals surface area contributed by atoms with Gasteiger partial charge in [0.05, 0.1) is 6.10 Å². The van der Waals surface area contributed by atoms with Crippen LogP contribution in [0.3, 0.4) is 0 Å². The summed E-state index contributed by atoms with van der Waals surface area (Å²) in [6.45, 7) is 6.67. The number of rotatable bonds is 2. The topological polar surface area (TPSA) is 23.5 Å². The van der Waals surface area contributed by atoms with Gasteiger partial charge < -0.3 is 10.0 Å². The fourth-order valence-electron chi connectivity index (χ4n) is 3.96. The van der Waals surface area contributed by atoms with Gasteiger partial charge in [0.25, 0.3) is 0 Å². The van der Waals surface area contributed by atoms with E-state index in [1.165, 1.54) is 42.5 Å². The highest BCUT2D eigenvalue weighted by Crippen LogP contribution is 2.33. The van der Waals surface area contributed by atoms with Crippen molar-refractivity contribution in [3.63, 3.8) is 0 Å². The fourth-order valence-corrected chi connectivity index (χ4v) is 3.96. The quantitative estimate of drug-likeness (QED) is 0.891. The van der Waals surface area contributed by atoms with Crippen LogP contribution in [0.25, 0.3) is 0 Å². The second kappa shape index (κ2) is 5.77. The summed E-state index contributed by atoms with van der Waals surface area (Å²) in [6, 6.07) is 6.83. The predicted molar refractivity (Wildman–Crippen MR) is 84.2 cm³/mol. The number of nitrogens with zero attached hydrogens (tertiary/aromatic N) is 1. The van der Waals surface area contributed by atoms with E-state index in [1.807, 2.05) is 0 Å². The summed E-state index contributed by atoms with van der Waals surface area (Å²) in [7, 11) is 0. The van der Waals surface area contributed by atoms with Gasteiger partial charge in [-0.3, -0.25) is 0 Å². The molecule has 3 unspecified atom stereocenters. The third-order valence-electron chi connectivity index (χ3n) is 5.11. The van der Waals surface area contributed by atoms with Gasteiger partial charge in [-0.1, -0.05) is 24.6 Å². The molecule has 0 radical (unpaired) electrons. The molecule has 1 fully saturated rings. The molecule has 110 valence electrons. The zero-order chi connectivity index (χ0) is 14.1. The van der Waals surface area contributed by atoms with Crippen molar-refractivity contribution in [2.45, 2.75) is 52.1 Å². The van der Waals surface area contributed by atoms with Gasteiger partial charge in [0.2, 0.25) is 0 Å². The minimum absolute atomic E-state index is 0.0953. The maximum absolute atomic E-state index is 10.3. The largest absolute Gasteiger partial charge is 0.393 e. The molecule has 3 atom stereocenters. The number of anilines is 1. The first-order valence-electron chi connectivity index (χ1n) is 8.16. The predicted octanol–water partition coefficient (Wildman–Crippen LogP) is 3.54. The van der Waals surface area contributed by atoms with Gasteiger partial charge in [-0.05, 0) is 56.6 Å². The zero-order valence-corrected chi connectivity index (χ0v) is 12.8. The Morgan fingerprint density at radius 1 is 1.30 bits per heavy atom. The second-order valence-electron chi connectivity index (χ2n) is 6.93. The Balaban J connectivity index is 1.75. The van der Waals surface area contributed by atoms with Crippen LogP contribution in [0.2, 0.25) is 0 Å². The van der Waals surface area contributed by atoms with Gasteiger partial charge in [-0.15, -0.1) is 0 Å². The average molecular weight is 273 g/mol. The summed E-state index contributed by atoms with van der Waals surface area (Å²) in [4.78, 5) is 2.52. The summed E-state index contributed by atoms with van der Waals surface area (Å²) in [5.41, 5.74) is 4.26. The summed E-state index contributed by atoms with van der Waals surface area (Å²) >= 11 is 0. The lowest BCUT2D eigenvalue weighted by atomic mass is 9.80. The van der Waals surface area contributed by atoms with Crippen LogP contribution in [0.5, 0.6) is 0 Å². The molecule has 1 aromatic carbocycles. The molecule has 2 aliphatic rings. The molecule has 20 heavy (non-hydrogen) atoms. The van der Waals surface area contributed by atoms with Gasteiger partial charge in [-0.25, -0.2) is 0 Å². The Morgan fingerprint density at radius 2 is 2.15 bits per heavy atom. The molecule has 1 aliphatic carbocycles. The Kier molecular flexibility index (Phi) is 4.02. The molecular weight excluding hydrogens is 246 g/mol. The summed E-state index contributed by atoms with van der Waals surface area (Å²) in [6.07, 6.45) is 5.71. The highest BCUT2D eigenvalue weighted by Gasteiger charge is 2.29. The van der Waals surface area contributed by atoms with Gasteiger partial charge in [-0.2, -0.15) is 0 Å². The first kappa shape index (κ1) is 13.9. The lowest BCUT2D eigenvalue weighted by Gasteiger charge is -2.39. The van der Waals surface area contributed by atoms with Gasteiger partial charge >= 0.3 is 0 Å². The van der Waals surface area contributed by atoms with E-state index < -0.39 is 0 Å². The number of aliphatic hydroxyl groups excluding tert-OH is 1. The molecular formula is C18H27NO. The third kappa shape index (κ3) is 2.85. The molecule has 1 aromatic rings. The van der Waals surface area contributed by atoms with Crippen molar-refractivity contribution in [3.05, 3.63) is 29.3 Å². The number of aryl methyl sites for hydroxylation is 2. The number of benzene rings is 1. The van der Waals surface area contributed by atoms with Crippen molar-refractivity contribution in [2.24, 2.45) is 11.8 Å². The SMILES string of the molecule is Cc1ccc2c(c1)CCCN2CC1CC(C)CCC1O. The molecule has 1 aliphatic heterocycles. The highest BCUT2D eigenvalue weighted by atomic mass is 16.3. The van der Waals surface area contributed by atoms with Crippen LogP contribution in [0, 0.1) is 18.8 Å². The lowest BCUT2D eigenvalue weighted by molar-refractivity contribution is 0.0549. The first-order valence-corrected chi connectivity index (χ1v) is 8.16. The molecule has 0 bridgehead atoms. The summed E-state index contributed by atoms with van der Waals surface area (Å²) in [5.74, 6) is 1.22. The second-order valence-corrected chi connectivity index (χ2v) is 6.93. The van der Waals surface area contributed by atoms with Crippen LogP contribution >= 0.6 is 0 Å². The van der Waals surface area contributed by atoms with Crippen molar-refractivity contribution in [2.75, 3.05) is 18.0 Å². The molecule has 0 aromatic heterocycles. The van der Waals surface area contributed by atoms with E-state index in [9.17, 15) is 5.11 Å². The minimum atomic E-state index is -0.0953. The smallest absolute Gasteiger partial charge is 0.0585 e. The Labute approximate surface area is 122 Å². The monoisotopic (exact) mass is 273 g/mol. The maximum Gasteiger partial charge on any atom is 0.0585 e. The van der Waals surface area contributed by atoms with E-state index >= 15 is 0 Å². The van der Waals surface area contributed by atoms with E-state index in [0.29, 0.717) is 5.92 Å². The third-order valence-corrected chi connectivity index (χ3v) is 5.11. The molecule has 1 heterocycles. The average Bonchev–Trinajstić information content (AvgIpc) is 2.43. The number of aliphatic hydroxyl groups is 1. The van der Waals surface area contributed by atoms with Crippen molar-refractivity contribution in [1.82, 2.24) is 0 Å². The molecule has 0 amide bonds. The standard InChI is InChI=1S/C18H27NO/c1-13-5-7-17-15(10-13)4-3-9-19(17)12-16-11-14(2)6-8-18(16)20/h5,7,10,14,16,18,20H,3-4,6,8-9,11-12H2,1-2H3. The van der Waals surface area contributed by atoms with E-state index in [-0.39, 0.29) is 6.10 Å². The normalized spacial score (nSPS) is 30.1. The lowest BCUT2D eigenvalue weighted by Crippen LogP contribution is -2.40. The molecule has 2 heteroatoms. The van der Waals surface area contributed by atoms with E-state index in [2.05, 4.69) is 36.9 Å². The van der Waals surface area contributed by atoms with E-state index in [1.54, 1.807) is 0 Å². The summed E-state index contributed by atoms with van der Waals surface area (Å²) in [5, 5.41) is 10.3. The number of hydrogen-bond donors (Lipinski definition) is 1. The van der Waals surface area contributed by atoms with Gasteiger partial charge in [0, 0.05) is 24.7 Å². The van der Waals surface area contributed by atoms with Crippen molar-refractivity contribution in [1.29, 1.82) is 0 Å². The van der Waals surface area contributed by atoms with Crippen LogP contribution in [-0.2, 0) is 6.42 Å². The Morgan fingerprint density at radius 3 is 3.00 bits per heavy atom. The van der Waals surface area contributed by atoms with Crippen molar-refractivity contribution < 1.29 is 5.11 Å². The van der Waals surface area contributed by atoms with Crippen LogP contribution in [-0.4, -0.2) is 24.3 Å².